The van der Waals surface area contributed by atoms with Gasteiger partial charge in [0.25, 0.3) is 0 Å². The molecule has 2 N–H and O–H groups in total. The van der Waals surface area contributed by atoms with Gasteiger partial charge in [-0.05, 0) is 43.0 Å². The molecule has 0 bridgehead atoms. The summed E-state index contributed by atoms with van der Waals surface area (Å²) < 4.78 is 0. The van der Waals surface area contributed by atoms with Crippen molar-refractivity contribution in [1.82, 2.24) is 0 Å². The Balaban J connectivity index is 2.40. The van der Waals surface area contributed by atoms with Crippen LogP contribution in [0.3, 0.4) is 0 Å². The summed E-state index contributed by atoms with van der Waals surface area (Å²) in [4.78, 5) is 2.67. The highest BCUT2D eigenvalue weighted by Crippen LogP contribution is 2.46. The Bertz CT molecular complexity index is 345. The second-order valence-electron chi connectivity index (χ2n) is 3.72. The summed E-state index contributed by atoms with van der Waals surface area (Å²) >= 11 is 3.58. The van der Waals surface area contributed by atoms with Gasteiger partial charge in [-0.2, -0.15) is 0 Å². The first-order chi connectivity index (χ1) is 6.69. The van der Waals surface area contributed by atoms with Crippen LogP contribution in [0, 0.1) is 0 Å². The molecule has 76 valence electrons. The van der Waals surface area contributed by atoms with Crippen LogP contribution in [0.15, 0.2) is 28.0 Å². The van der Waals surface area contributed by atoms with E-state index >= 15 is 0 Å². The number of hydrogen-bond acceptors (Lipinski definition) is 3. The van der Waals surface area contributed by atoms with E-state index in [0.717, 1.165) is 12.8 Å². The lowest BCUT2D eigenvalue weighted by atomic mass is 10.1. The predicted molar refractivity (Wildman–Crippen MR) is 65.1 cm³/mol. The molecule has 1 aliphatic carbocycles. The van der Waals surface area contributed by atoms with Crippen LogP contribution in [0.4, 0.5) is 0 Å². The molecule has 1 fully saturated rings. The van der Waals surface area contributed by atoms with Crippen LogP contribution in [0.25, 0.3) is 0 Å². The van der Waals surface area contributed by atoms with Gasteiger partial charge in [0, 0.05) is 15.3 Å². The van der Waals surface area contributed by atoms with E-state index in [9.17, 15) is 0 Å². The van der Waals surface area contributed by atoms with E-state index in [0.29, 0.717) is 0 Å². The fourth-order valence-electron chi connectivity index (χ4n) is 1.61. The Kier molecular flexibility index (Phi) is 2.82. The van der Waals surface area contributed by atoms with Crippen molar-refractivity contribution in [3.05, 3.63) is 23.8 Å². The molecule has 2 rings (SSSR count). The first-order valence-electron chi connectivity index (χ1n) is 4.71. The van der Waals surface area contributed by atoms with Crippen LogP contribution in [0.2, 0.25) is 0 Å². The molecule has 1 aliphatic rings. The van der Waals surface area contributed by atoms with Gasteiger partial charge in [0.05, 0.1) is 0 Å². The molecule has 0 saturated heterocycles. The summed E-state index contributed by atoms with van der Waals surface area (Å²) in [6.45, 7) is 0. The molecule has 0 aliphatic heterocycles. The lowest BCUT2D eigenvalue weighted by Crippen LogP contribution is -2.19. The predicted octanol–water partition coefficient (Wildman–Crippen LogP) is 3.08. The molecule has 14 heavy (non-hydrogen) atoms. The van der Waals surface area contributed by atoms with Gasteiger partial charge in [-0.3, -0.25) is 0 Å². The first-order valence-corrected chi connectivity index (χ1v) is 7.16. The van der Waals surface area contributed by atoms with E-state index < -0.39 is 0 Å². The summed E-state index contributed by atoms with van der Waals surface area (Å²) in [5.74, 6) is 0. The maximum absolute atomic E-state index is 6.22. The van der Waals surface area contributed by atoms with E-state index in [-0.39, 0.29) is 5.54 Å². The fourth-order valence-corrected chi connectivity index (χ4v) is 2.86. The molecule has 0 amide bonds. The highest BCUT2D eigenvalue weighted by Gasteiger charge is 2.41. The van der Waals surface area contributed by atoms with Crippen LogP contribution < -0.4 is 5.73 Å². The zero-order valence-corrected chi connectivity index (χ0v) is 10.2. The molecule has 3 heteroatoms. The molecule has 0 radical (unpaired) electrons. The van der Waals surface area contributed by atoms with E-state index in [1.54, 1.807) is 23.5 Å². The smallest absolute Gasteiger partial charge is 0.0422 e. The zero-order valence-electron chi connectivity index (χ0n) is 8.54. The minimum Gasteiger partial charge on any atom is -0.321 e. The molecule has 1 saturated carbocycles. The first kappa shape index (κ1) is 10.4. The van der Waals surface area contributed by atoms with Crippen LogP contribution >= 0.6 is 23.5 Å². The molecule has 0 aromatic heterocycles. The number of nitrogens with two attached hydrogens (primary N) is 1. The zero-order chi connectivity index (χ0) is 10.2. The van der Waals surface area contributed by atoms with Gasteiger partial charge in [-0.15, -0.1) is 23.5 Å². The largest absolute Gasteiger partial charge is 0.321 e. The number of rotatable bonds is 3. The molecular weight excluding hydrogens is 210 g/mol. The van der Waals surface area contributed by atoms with Crippen molar-refractivity contribution in [3.8, 4) is 0 Å². The van der Waals surface area contributed by atoms with Crippen molar-refractivity contribution in [3.63, 3.8) is 0 Å². The minimum atomic E-state index is -0.00468. The maximum Gasteiger partial charge on any atom is 0.0422 e. The topological polar surface area (TPSA) is 26.0 Å². The Morgan fingerprint density at radius 2 is 1.93 bits per heavy atom. The summed E-state index contributed by atoms with van der Waals surface area (Å²) in [6.07, 6.45) is 6.50. The van der Waals surface area contributed by atoms with Gasteiger partial charge in [-0.1, -0.05) is 6.07 Å². The average molecular weight is 225 g/mol. The van der Waals surface area contributed by atoms with Crippen LogP contribution in [0.5, 0.6) is 0 Å². The van der Waals surface area contributed by atoms with Crippen molar-refractivity contribution in [2.75, 3.05) is 12.5 Å². The molecule has 1 aromatic carbocycles. The van der Waals surface area contributed by atoms with E-state index in [4.69, 9.17) is 5.73 Å². The van der Waals surface area contributed by atoms with Crippen molar-refractivity contribution in [1.29, 1.82) is 0 Å². The summed E-state index contributed by atoms with van der Waals surface area (Å²) in [6, 6.07) is 6.62. The Morgan fingerprint density at radius 1 is 1.21 bits per heavy atom. The van der Waals surface area contributed by atoms with Gasteiger partial charge in [0.1, 0.15) is 0 Å². The molecule has 0 spiro atoms. The van der Waals surface area contributed by atoms with Gasteiger partial charge in [0.15, 0.2) is 0 Å². The van der Waals surface area contributed by atoms with Gasteiger partial charge < -0.3 is 5.73 Å². The monoisotopic (exact) mass is 225 g/mol. The SMILES string of the molecule is CSc1ccc(C2(N)CC2)c(SC)c1. The third-order valence-electron chi connectivity index (χ3n) is 2.73. The van der Waals surface area contributed by atoms with Crippen LogP contribution in [-0.4, -0.2) is 12.5 Å². The lowest BCUT2D eigenvalue weighted by molar-refractivity contribution is 0.720. The highest BCUT2D eigenvalue weighted by atomic mass is 32.2. The minimum absolute atomic E-state index is 0.00468. The molecule has 0 atom stereocenters. The van der Waals surface area contributed by atoms with Crippen molar-refractivity contribution in [2.45, 2.75) is 28.2 Å². The molecule has 0 heterocycles. The fraction of sp³-hybridized carbons (Fsp3) is 0.455. The molecule has 1 aromatic rings. The second-order valence-corrected chi connectivity index (χ2v) is 5.45. The Morgan fingerprint density at radius 3 is 2.43 bits per heavy atom. The van der Waals surface area contributed by atoms with Crippen molar-refractivity contribution >= 4 is 23.5 Å². The van der Waals surface area contributed by atoms with E-state index in [1.807, 2.05) is 0 Å². The lowest BCUT2D eigenvalue weighted by Gasteiger charge is -2.14. The normalized spacial score (nSPS) is 18.2. The molecule has 0 unspecified atom stereocenters. The number of benzene rings is 1. The maximum atomic E-state index is 6.22. The molecule has 1 nitrogen and oxygen atoms in total. The summed E-state index contributed by atoms with van der Waals surface area (Å²) in [5.41, 5.74) is 7.55. The van der Waals surface area contributed by atoms with Crippen molar-refractivity contribution in [2.24, 2.45) is 5.73 Å². The van der Waals surface area contributed by atoms with Gasteiger partial charge in [-0.25, -0.2) is 0 Å². The van der Waals surface area contributed by atoms with Gasteiger partial charge >= 0.3 is 0 Å². The van der Waals surface area contributed by atoms with E-state index in [2.05, 4.69) is 30.7 Å². The number of thioether (sulfide) groups is 2. The average Bonchev–Trinajstić information content (AvgIpc) is 2.96. The standard InChI is InChI=1S/C11H15NS2/c1-13-8-3-4-9(10(7-8)14-2)11(12)5-6-11/h3-4,7H,5-6,12H2,1-2H3. The third kappa shape index (κ3) is 1.81. The third-order valence-corrected chi connectivity index (χ3v) is 4.24. The Labute approximate surface area is 93.8 Å². The molecular formula is C11H15NS2. The van der Waals surface area contributed by atoms with Crippen LogP contribution in [0.1, 0.15) is 18.4 Å². The summed E-state index contributed by atoms with van der Waals surface area (Å²) in [7, 11) is 0. The van der Waals surface area contributed by atoms with E-state index in [1.165, 1.54) is 15.4 Å². The second kappa shape index (κ2) is 3.80. The van der Waals surface area contributed by atoms with Crippen molar-refractivity contribution < 1.29 is 0 Å². The van der Waals surface area contributed by atoms with Crippen LogP contribution in [-0.2, 0) is 5.54 Å². The van der Waals surface area contributed by atoms with Gasteiger partial charge in [0.2, 0.25) is 0 Å². The Hall–Kier alpha value is -0.120. The highest BCUT2D eigenvalue weighted by molar-refractivity contribution is 7.99. The quantitative estimate of drug-likeness (QED) is 0.801. The number of hydrogen-bond donors (Lipinski definition) is 1. The summed E-state index contributed by atoms with van der Waals surface area (Å²) in [5, 5.41) is 0.